The van der Waals surface area contributed by atoms with Crippen molar-refractivity contribution in [2.24, 2.45) is 5.41 Å². The van der Waals surface area contributed by atoms with Crippen LogP contribution in [0.5, 0.6) is 0 Å². The Labute approximate surface area is 85.2 Å². The number of allylic oxidation sites excluding steroid dienone is 1. The highest BCUT2D eigenvalue weighted by atomic mass is 35.5. The zero-order valence-corrected chi connectivity index (χ0v) is 9.10. The third-order valence-corrected chi connectivity index (χ3v) is 2.01. The lowest BCUT2D eigenvalue weighted by molar-refractivity contribution is 0.547. The van der Waals surface area contributed by atoms with Crippen molar-refractivity contribution in [3.8, 4) is 0 Å². The maximum atomic E-state index is 6.00. The molecule has 0 heterocycles. The Morgan fingerprint density at radius 1 is 1.15 bits per heavy atom. The Morgan fingerprint density at radius 2 is 1.77 bits per heavy atom. The number of hydrogen-bond acceptors (Lipinski definition) is 0. The van der Waals surface area contributed by atoms with Crippen LogP contribution in [0.1, 0.15) is 26.3 Å². The van der Waals surface area contributed by atoms with Gasteiger partial charge in [-0.2, -0.15) is 0 Å². The van der Waals surface area contributed by atoms with Crippen molar-refractivity contribution >= 4 is 17.7 Å². The van der Waals surface area contributed by atoms with Crippen molar-refractivity contribution in [1.29, 1.82) is 0 Å². The van der Waals surface area contributed by atoms with Gasteiger partial charge in [-0.15, -0.1) is 0 Å². The highest BCUT2D eigenvalue weighted by molar-refractivity contribution is 6.32. The normalized spacial score (nSPS) is 12.3. The van der Waals surface area contributed by atoms with Gasteiger partial charge in [0.05, 0.1) is 0 Å². The van der Waals surface area contributed by atoms with Gasteiger partial charge in [0.25, 0.3) is 0 Å². The minimum absolute atomic E-state index is 0.208. The van der Waals surface area contributed by atoms with Gasteiger partial charge < -0.3 is 0 Å². The number of halogens is 1. The average Bonchev–Trinajstić information content (AvgIpc) is 2.01. The molecule has 0 bridgehead atoms. The van der Waals surface area contributed by atoms with E-state index in [-0.39, 0.29) is 5.41 Å². The molecule has 0 aliphatic heterocycles. The molecule has 0 unspecified atom stereocenters. The maximum Gasteiger partial charge on any atom is 0.0478 e. The van der Waals surface area contributed by atoms with E-state index in [0.29, 0.717) is 0 Å². The second-order valence-electron chi connectivity index (χ2n) is 4.22. The number of rotatable bonds is 1. The molecule has 1 rings (SSSR count). The summed E-state index contributed by atoms with van der Waals surface area (Å²) in [4.78, 5) is 0. The van der Waals surface area contributed by atoms with Crippen LogP contribution >= 0.6 is 11.6 Å². The summed E-state index contributed by atoms with van der Waals surface area (Å²) < 4.78 is 0. The number of benzene rings is 1. The Morgan fingerprint density at radius 3 is 2.31 bits per heavy atom. The van der Waals surface area contributed by atoms with Crippen LogP contribution in [0.3, 0.4) is 0 Å². The summed E-state index contributed by atoms with van der Waals surface area (Å²) in [6.45, 7) is 6.50. The van der Waals surface area contributed by atoms with Gasteiger partial charge in [0.1, 0.15) is 0 Å². The van der Waals surface area contributed by atoms with Gasteiger partial charge in [-0.3, -0.25) is 0 Å². The van der Waals surface area contributed by atoms with E-state index in [1.54, 1.807) is 0 Å². The summed E-state index contributed by atoms with van der Waals surface area (Å²) in [5, 5.41) is 0.808. The zero-order chi connectivity index (χ0) is 9.90. The Kier molecular flexibility index (Phi) is 3.16. The minimum atomic E-state index is 0.208. The Balaban J connectivity index is 2.86. The molecule has 0 saturated carbocycles. The molecule has 0 saturated heterocycles. The predicted octanol–water partition coefficient (Wildman–Crippen LogP) is 4.40. The quantitative estimate of drug-likeness (QED) is 0.622. The molecular formula is C12H15Cl. The molecule has 1 heteroatoms. The second kappa shape index (κ2) is 3.97. The molecule has 1 aromatic carbocycles. The topological polar surface area (TPSA) is 0 Å². The van der Waals surface area contributed by atoms with Crippen LogP contribution in [0.2, 0.25) is 5.02 Å². The van der Waals surface area contributed by atoms with E-state index >= 15 is 0 Å². The SMILES string of the molecule is CC(C)(C)/C=C/c1ccccc1Cl. The summed E-state index contributed by atoms with van der Waals surface area (Å²) in [5.74, 6) is 0. The molecule has 0 atom stereocenters. The van der Waals surface area contributed by atoms with Gasteiger partial charge in [0, 0.05) is 5.02 Å². The predicted molar refractivity (Wildman–Crippen MR) is 59.9 cm³/mol. The van der Waals surface area contributed by atoms with Crippen LogP contribution in [0, 0.1) is 5.41 Å². The van der Waals surface area contributed by atoms with Crippen molar-refractivity contribution in [2.75, 3.05) is 0 Å². The summed E-state index contributed by atoms with van der Waals surface area (Å²) in [6, 6.07) is 7.86. The van der Waals surface area contributed by atoms with Crippen LogP contribution in [-0.4, -0.2) is 0 Å². The van der Waals surface area contributed by atoms with Crippen LogP contribution in [0.4, 0.5) is 0 Å². The van der Waals surface area contributed by atoms with Crippen LogP contribution in [0.15, 0.2) is 30.3 Å². The average molecular weight is 195 g/mol. The fourth-order valence-corrected chi connectivity index (χ4v) is 1.15. The largest absolute Gasteiger partial charge is 0.0837 e. The highest BCUT2D eigenvalue weighted by Gasteiger charge is 2.03. The standard InChI is InChI=1S/C12H15Cl/c1-12(2,3)9-8-10-6-4-5-7-11(10)13/h4-9H,1-3H3/b9-8+. The van der Waals surface area contributed by atoms with E-state index in [1.807, 2.05) is 24.3 Å². The van der Waals surface area contributed by atoms with Gasteiger partial charge in [0.15, 0.2) is 0 Å². The van der Waals surface area contributed by atoms with E-state index in [4.69, 9.17) is 11.6 Å². The molecule has 0 nitrogen and oxygen atoms in total. The first kappa shape index (κ1) is 10.3. The van der Waals surface area contributed by atoms with Gasteiger partial charge >= 0.3 is 0 Å². The Hall–Kier alpha value is -0.750. The molecule has 0 aromatic heterocycles. The third-order valence-electron chi connectivity index (χ3n) is 1.67. The summed E-state index contributed by atoms with van der Waals surface area (Å²) >= 11 is 6.00. The lowest BCUT2D eigenvalue weighted by atomic mass is 9.95. The first-order valence-corrected chi connectivity index (χ1v) is 4.80. The van der Waals surface area contributed by atoms with E-state index in [9.17, 15) is 0 Å². The van der Waals surface area contributed by atoms with Crippen molar-refractivity contribution in [3.05, 3.63) is 40.9 Å². The van der Waals surface area contributed by atoms with Crippen molar-refractivity contribution < 1.29 is 0 Å². The minimum Gasteiger partial charge on any atom is -0.0837 e. The van der Waals surface area contributed by atoms with Crippen LogP contribution in [-0.2, 0) is 0 Å². The molecule has 70 valence electrons. The maximum absolute atomic E-state index is 6.00. The molecule has 0 aliphatic carbocycles. The third kappa shape index (κ3) is 3.65. The Bertz CT molecular complexity index is 305. The molecule has 0 spiro atoms. The fraction of sp³-hybridized carbons (Fsp3) is 0.333. The zero-order valence-electron chi connectivity index (χ0n) is 8.34. The van der Waals surface area contributed by atoms with Gasteiger partial charge in [-0.05, 0) is 17.0 Å². The van der Waals surface area contributed by atoms with E-state index in [2.05, 4.69) is 32.9 Å². The van der Waals surface area contributed by atoms with Crippen molar-refractivity contribution in [2.45, 2.75) is 20.8 Å². The second-order valence-corrected chi connectivity index (χ2v) is 4.63. The molecule has 0 radical (unpaired) electrons. The first-order valence-electron chi connectivity index (χ1n) is 4.43. The molecule has 0 N–H and O–H groups in total. The first-order chi connectivity index (χ1) is 5.99. The molecule has 0 aliphatic rings. The van der Waals surface area contributed by atoms with Gasteiger partial charge in [-0.25, -0.2) is 0 Å². The van der Waals surface area contributed by atoms with Crippen LogP contribution in [0.25, 0.3) is 6.08 Å². The fourth-order valence-electron chi connectivity index (χ4n) is 0.950. The molecule has 1 aromatic rings. The summed E-state index contributed by atoms with van der Waals surface area (Å²) in [6.07, 6.45) is 4.23. The number of hydrogen-bond donors (Lipinski definition) is 0. The molecular weight excluding hydrogens is 180 g/mol. The molecule has 0 amide bonds. The molecule has 13 heavy (non-hydrogen) atoms. The lowest BCUT2D eigenvalue weighted by Crippen LogP contribution is -1.97. The van der Waals surface area contributed by atoms with E-state index in [1.165, 1.54) is 0 Å². The smallest absolute Gasteiger partial charge is 0.0478 e. The van der Waals surface area contributed by atoms with Crippen molar-refractivity contribution in [3.63, 3.8) is 0 Å². The van der Waals surface area contributed by atoms with Gasteiger partial charge in [-0.1, -0.05) is 62.7 Å². The van der Waals surface area contributed by atoms with E-state index < -0.39 is 0 Å². The van der Waals surface area contributed by atoms with E-state index in [0.717, 1.165) is 10.6 Å². The molecule has 0 fully saturated rings. The highest BCUT2D eigenvalue weighted by Crippen LogP contribution is 2.21. The summed E-state index contributed by atoms with van der Waals surface area (Å²) in [5.41, 5.74) is 1.29. The lowest BCUT2D eigenvalue weighted by Gasteiger charge is -2.11. The van der Waals surface area contributed by atoms with Gasteiger partial charge in [0.2, 0.25) is 0 Å². The summed E-state index contributed by atoms with van der Waals surface area (Å²) in [7, 11) is 0. The van der Waals surface area contributed by atoms with Crippen LogP contribution < -0.4 is 0 Å². The van der Waals surface area contributed by atoms with Crippen molar-refractivity contribution in [1.82, 2.24) is 0 Å². The monoisotopic (exact) mass is 194 g/mol.